The summed E-state index contributed by atoms with van der Waals surface area (Å²) >= 11 is 0. The molecule has 4 N–H and O–H groups in total. The molecule has 56 heavy (non-hydrogen) atoms. The molecule has 4 atom stereocenters. The minimum absolute atomic E-state index is 0.00262. The maximum Gasteiger partial charge on any atom is 0.407 e. The lowest BCUT2D eigenvalue weighted by atomic mass is 9.99. The summed E-state index contributed by atoms with van der Waals surface area (Å²) in [5, 5.41) is 10.7. The van der Waals surface area contributed by atoms with E-state index in [1.807, 2.05) is 31.1 Å². The maximum absolute atomic E-state index is 13.6. The number of aromatic nitrogens is 4. The number of rotatable bonds is 13. The predicted molar refractivity (Wildman–Crippen MR) is 220 cm³/mol. The Bertz CT molecular complexity index is 2100. The third-order valence-corrected chi connectivity index (χ3v) is 11.4. The van der Waals surface area contributed by atoms with Crippen molar-refractivity contribution in [2.45, 2.75) is 77.5 Å². The number of carbonyl (C=O) groups is 2. The van der Waals surface area contributed by atoms with Gasteiger partial charge < -0.3 is 39.9 Å². The highest BCUT2D eigenvalue weighted by Gasteiger charge is 2.38. The number of hydrogen-bond donors (Lipinski definition) is 4. The van der Waals surface area contributed by atoms with Gasteiger partial charge >= 0.3 is 6.09 Å². The van der Waals surface area contributed by atoms with Crippen molar-refractivity contribution in [3.63, 3.8) is 0 Å². The summed E-state index contributed by atoms with van der Waals surface area (Å²) in [4.78, 5) is 46.6. The molecule has 2 aliphatic rings. The number of likely N-dealkylation sites (tertiary alicyclic amines) is 2. The van der Waals surface area contributed by atoms with Crippen LogP contribution in [0.5, 0.6) is 0 Å². The minimum atomic E-state index is -0.677. The van der Waals surface area contributed by atoms with E-state index in [1.165, 1.54) is 7.11 Å². The van der Waals surface area contributed by atoms with Gasteiger partial charge in [0.1, 0.15) is 17.7 Å². The molecule has 0 aliphatic carbocycles. The Hall–Kier alpha value is -5.78. The summed E-state index contributed by atoms with van der Waals surface area (Å²) < 4.78 is 10.1. The van der Waals surface area contributed by atoms with Crippen molar-refractivity contribution < 1.29 is 19.1 Å². The Balaban J connectivity index is 1.08. The van der Waals surface area contributed by atoms with Crippen LogP contribution in [0.2, 0.25) is 0 Å². The number of hydrogen-bond acceptors (Lipinski definition) is 8. The first-order chi connectivity index (χ1) is 26.9. The van der Waals surface area contributed by atoms with Crippen LogP contribution in [0.1, 0.15) is 77.1 Å². The molecular formula is C44H54N8O4. The van der Waals surface area contributed by atoms with Crippen molar-refractivity contribution in [2.75, 3.05) is 27.3 Å². The van der Waals surface area contributed by atoms with Crippen molar-refractivity contribution >= 4 is 33.5 Å². The van der Waals surface area contributed by atoms with E-state index >= 15 is 0 Å². The van der Waals surface area contributed by atoms with E-state index in [0.717, 1.165) is 93.6 Å². The Morgan fingerprint density at radius 3 is 1.73 bits per heavy atom. The number of nitrogens with zero attached hydrogens (tertiary/aromatic N) is 4. The number of nitrogens with one attached hydrogen (secondary N) is 4. The lowest BCUT2D eigenvalue weighted by molar-refractivity contribution is -0.135. The average molecular weight is 759 g/mol. The van der Waals surface area contributed by atoms with Gasteiger partial charge in [0, 0.05) is 29.9 Å². The van der Waals surface area contributed by atoms with Gasteiger partial charge in [-0.3, -0.25) is 4.79 Å². The molecule has 0 radical (unpaired) electrons. The van der Waals surface area contributed by atoms with Gasteiger partial charge in [-0.25, -0.2) is 14.8 Å². The zero-order chi connectivity index (χ0) is 39.7. The topological polar surface area (TPSA) is 140 Å². The van der Waals surface area contributed by atoms with Crippen LogP contribution in [0.3, 0.4) is 0 Å². The third-order valence-electron chi connectivity index (χ3n) is 11.4. The molecule has 3 aromatic carbocycles. The molecule has 2 amide bonds. The molecule has 4 heterocycles. The van der Waals surface area contributed by atoms with Crippen LogP contribution >= 0.6 is 0 Å². The van der Waals surface area contributed by atoms with Gasteiger partial charge in [-0.15, -0.1) is 0 Å². The van der Waals surface area contributed by atoms with Crippen LogP contribution < -0.4 is 10.6 Å². The summed E-state index contributed by atoms with van der Waals surface area (Å²) in [7, 11) is 2.92. The van der Waals surface area contributed by atoms with Crippen LogP contribution in [0.25, 0.3) is 44.1 Å². The molecule has 0 bridgehead atoms. The van der Waals surface area contributed by atoms with Crippen LogP contribution in [-0.2, 0) is 14.3 Å². The molecule has 0 spiro atoms. The molecule has 12 heteroatoms. The van der Waals surface area contributed by atoms with Crippen LogP contribution in [0.4, 0.5) is 4.79 Å². The van der Waals surface area contributed by atoms with Crippen molar-refractivity contribution in [2.24, 2.45) is 11.8 Å². The minimum Gasteiger partial charge on any atom is -0.483 e. The van der Waals surface area contributed by atoms with Gasteiger partial charge in [-0.05, 0) is 89.9 Å². The van der Waals surface area contributed by atoms with Crippen LogP contribution in [0.15, 0.2) is 85.7 Å². The zero-order valence-electron chi connectivity index (χ0n) is 33.3. The molecular weight excluding hydrogens is 705 g/mol. The van der Waals surface area contributed by atoms with E-state index in [1.54, 1.807) is 7.11 Å². The normalized spacial score (nSPS) is 18.1. The molecule has 2 aromatic heterocycles. The monoisotopic (exact) mass is 758 g/mol. The second kappa shape index (κ2) is 16.1. The number of methoxy groups -OCH3 is 2. The van der Waals surface area contributed by atoms with E-state index in [2.05, 4.69) is 101 Å². The Labute approximate surface area is 328 Å². The third kappa shape index (κ3) is 7.69. The van der Waals surface area contributed by atoms with Gasteiger partial charge in [0.05, 0.1) is 56.1 Å². The van der Waals surface area contributed by atoms with E-state index in [-0.39, 0.29) is 30.0 Å². The zero-order valence-corrected chi connectivity index (χ0v) is 33.3. The van der Waals surface area contributed by atoms with Crippen LogP contribution in [0, 0.1) is 11.8 Å². The largest absolute Gasteiger partial charge is 0.483 e. The Kier molecular flexibility index (Phi) is 11.1. The highest BCUT2D eigenvalue weighted by Crippen LogP contribution is 2.37. The predicted octanol–water partition coefficient (Wildman–Crippen LogP) is 8.20. The summed E-state index contributed by atoms with van der Waals surface area (Å²) in [6.07, 6.45) is 6.90. The summed E-state index contributed by atoms with van der Waals surface area (Å²) in [5.41, 5.74) is 4.99. The molecule has 294 valence electrons. The fourth-order valence-corrected chi connectivity index (χ4v) is 8.27. The Morgan fingerprint density at radius 2 is 1.23 bits per heavy atom. The van der Waals surface area contributed by atoms with Gasteiger partial charge in [-0.2, -0.15) is 0 Å². The summed E-state index contributed by atoms with van der Waals surface area (Å²) in [6, 6.07) is 16.7. The first-order valence-electron chi connectivity index (χ1n) is 19.6. The fraction of sp³-hybridized carbons (Fsp3) is 0.409. The maximum atomic E-state index is 13.6. The molecule has 5 aromatic rings. The van der Waals surface area contributed by atoms with E-state index in [4.69, 9.17) is 19.4 Å². The SMILES string of the molecule is C=C(N[C@H](C(=C)N1CCC[C@H]1c1ncc(-c2ccc3cc4cc(-c5cnc([C@@H]6CCCN6C(=O)[C@@H](NC(=O)OC)C(C)C)[nH]5)ccc4cc3c2)[nH]1)C(C)C)OC. The van der Waals surface area contributed by atoms with Crippen molar-refractivity contribution in [1.82, 2.24) is 40.4 Å². The van der Waals surface area contributed by atoms with E-state index in [0.29, 0.717) is 18.3 Å². The number of ether oxygens (including phenoxy) is 2. The standard InChI is InChI=1S/C44H54N8O4/c1-25(2)39(47-28(6)55-7)27(5)51-17-9-11-37(51)41-45-23-35(48-41)31-15-13-29-20-34-22-32(16-14-30(34)19-33(29)21-31)36-24-46-42(49-36)38-12-10-18-52(38)43(53)40(26(3)4)50-44(54)56-8/h13-16,19-26,37-40,47H,5-6,9-12,17-18H2,1-4,7-8H3,(H,45,48)(H,46,49)(H,50,54)/t37-,38-,39-,40-/m0/s1. The molecule has 0 unspecified atom stereocenters. The van der Waals surface area contributed by atoms with Gasteiger partial charge in [-0.1, -0.05) is 58.5 Å². The lowest BCUT2D eigenvalue weighted by Gasteiger charge is -2.35. The molecule has 2 aliphatic heterocycles. The van der Waals surface area contributed by atoms with Crippen molar-refractivity contribution in [1.29, 1.82) is 0 Å². The number of fused-ring (bicyclic) bond motifs is 2. The van der Waals surface area contributed by atoms with Gasteiger partial charge in [0.2, 0.25) is 5.91 Å². The quantitative estimate of drug-likeness (QED) is 0.0696. The highest BCUT2D eigenvalue weighted by atomic mass is 16.5. The molecule has 2 saturated heterocycles. The number of alkyl carbamates (subject to hydrolysis) is 1. The average Bonchev–Trinajstić information content (AvgIpc) is 4.03. The molecule has 0 saturated carbocycles. The number of carbonyl (C=O) groups excluding carboxylic acids is 2. The smallest absolute Gasteiger partial charge is 0.407 e. The van der Waals surface area contributed by atoms with E-state index < -0.39 is 12.1 Å². The second-order valence-corrected chi connectivity index (χ2v) is 15.7. The molecule has 12 nitrogen and oxygen atoms in total. The number of imidazole rings is 2. The first kappa shape index (κ1) is 38.5. The summed E-state index contributed by atoms with van der Waals surface area (Å²) in [6.45, 7) is 18.2. The number of aromatic amines is 2. The fourth-order valence-electron chi connectivity index (χ4n) is 8.27. The van der Waals surface area contributed by atoms with Crippen molar-refractivity contribution in [3.8, 4) is 22.5 Å². The second-order valence-electron chi connectivity index (χ2n) is 15.7. The number of H-pyrrole nitrogens is 2. The van der Waals surface area contributed by atoms with Crippen LogP contribution in [-0.4, -0.2) is 81.1 Å². The first-order valence-corrected chi connectivity index (χ1v) is 19.6. The highest BCUT2D eigenvalue weighted by molar-refractivity contribution is 6.00. The molecule has 7 rings (SSSR count). The van der Waals surface area contributed by atoms with Gasteiger partial charge in [0.25, 0.3) is 0 Å². The van der Waals surface area contributed by atoms with Gasteiger partial charge in [0.15, 0.2) is 5.88 Å². The number of amides is 2. The lowest BCUT2D eigenvalue weighted by Crippen LogP contribution is -2.51. The van der Waals surface area contributed by atoms with Crippen molar-refractivity contribution in [3.05, 3.63) is 97.3 Å². The summed E-state index contributed by atoms with van der Waals surface area (Å²) in [5.74, 6) is 2.31. The van der Waals surface area contributed by atoms with E-state index in [9.17, 15) is 9.59 Å². The number of benzene rings is 3. The Morgan fingerprint density at radius 1 is 0.714 bits per heavy atom. The molecule has 2 fully saturated rings.